The molecule has 1 atom stereocenters. The molecule has 2 aromatic carbocycles. The highest BCUT2D eigenvalue weighted by atomic mass is 79.9. The molecule has 0 bridgehead atoms. The lowest BCUT2D eigenvalue weighted by atomic mass is 9.99. The molecule has 34 heavy (non-hydrogen) atoms. The number of hydrogen-bond acceptors (Lipinski definition) is 6. The number of hydrogen-bond donors (Lipinski definition) is 1. The van der Waals surface area contributed by atoms with E-state index in [4.69, 9.17) is 14.2 Å². The van der Waals surface area contributed by atoms with E-state index in [1.165, 1.54) is 12.8 Å². The van der Waals surface area contributed by atoms with Crippen LogP contribution in [-0.4, -0.2) is 74.6 Å². The fourth-order valence-electron chi connectivity index (χ4n) is 4.14. The van der Waals surface area contributed by atoms with Crippen molar-refractivity contribution in [1.82, 2.24) is 9.80 Å². The molecule has 1 saturated heterocycles. The molecule has 3 rings (SSSR count). The molecule has 0 saturated carbocycles. The summed E-state index contributed by atoms with van der Waals surface area (Å²) in [5.41, 5.74) is 2.25. The smallest absolute Gasteiger partial charge is 0.161 e. The van der Waals surface area contributed by atoms with Gasteiger partial charge in [-0.3, -0.25) is 9.80 Å². The number of halogens is 1. The zero-order valence-corrected chi connectivity index (χ0v) is 22.5. The fraction of sp³-hybridized carbons (Fsp3) is 0.556. The van der Waals surface area contributed by atoms with E-state index in [0.717, 1.165) is 58.4 Å². The van der Waals surface area contributed by atoms with Crippen LogP contribution in [0.15, 0.2) is 40.9 Å². The number of aliphatic hydroxyl groups excluding tert-OH is 1. The number of nitrogens with zero attached hydrogens (tertiary/aromatic N) is 2. The molecule has 2 aromatic rings. The van der Waals surface area contributed by atoms with Crippen LogP contribution in [0.5, 0.6) is 17.2 Å². The minimum absolute atomic E-state index is 0.242. The quantitative estimate of drug-likeness (QED) is 0.424. The van der Waals surface area contributed by atoms with Gasteiger partial charge in [0.05, 0.1) is 7.11 Å². The van der Waals surface area contributed by atoms with Crippen LogP contribution in [0.1, 0.15) is 30.9 Å². The molecule has 6 nitrogen and oxygen atoms in total. The monoisotopic (exact) mass is 534 g/mol. The highest BCUT2D eigenvalue weighted by Crippen LogP contribution is 2.29. The first-order valence-electron chi connectivity index (χ1n) is 12.1. The first kappa shape index (κ1) is 26.8. The lowest BCUT2D eigenvalue weighted by Crippen LogP contribution is -2.35. The van der Waals surface area contributed by atoms with Gasteiger partial charge in [-0.25, -0.2) is 0 Å². The van der Waals surface area contributed by atoms with E-state index < -0.39 is 6.10 Å². The third kappa shape index (κ3) is 8.45. The predicted octanol–water partition coefficient (Wildman–Crippen LogP) is 4.75. The van der Waals surface area contributed by atoms with Crippen molar-refractivity contribution in [3.8, 4) is 17.2 Å². The molecule has 7 heteroatoms. The molecule has 1 unspecified atom stereocenters. The molecule has 1 aliphatic rings. The number of ether oxygens (including phenoxy) is 3. The molecule has 0 radical (unpaired) electrons. The Bertz CT molecular complexity index is 902. The summed E-state index contributed by atoms with van der Waals surface area (Å²) in [5.74, 6) is 3.10. The van der Waals surface area contributed by atoms with E-state index in [2.05, 4.69) is 38.7 Å². The van der Waals surface area contributed by atoms with Crippen LogP contribution in [0.25, 0.3) is 0 Å². The number of rotatable bonds is 12. The second kappa shape index (κ2) is 13.3. The molecule has 0 aromatic heterocycles. The predicted molar refractivity (Wildman–Crippen MR) is 140 cm³/mol. The van der Waals surface area contributed by atoms with Gasteiger partial charge in [0.2, 0.25) is 0 Å². The molecule has 0 spiro atoms. The first-order chi connectivity index (χ1) is 16.3. The zero-order chi connectivity index (χ0) is 24.5. The minimum atomic E-state index is -0.590. The summed E-state index contributed by atoms with van der Waals surface area (Å²) in [6.07, 6.45) is 1.96. The molecular weight excluding hydrogens is 496 g/mol. The minimum Gasteiger partial charge on any atom is -0.493 e. The van der Waals surface area contributed by atoms with E-state index in [0.29, 0.717) is 19.7 Å². The molecule has 1 N–H and O–H groups in total. The van der Waals surface area contributed by atoms with Crippen molar-refractivity contribution in [3.05, 3.63) is 52.0 Å². The highest BCUT2D eigenvalue weighted by molar-refractivity contribution is 9.10. The molecular formula is C27H39BrN2O4. The Morgan fingerprint density at radius 2 is 1.88 bits per heavy atom. The van der Waals surface area contributed by atoms with Crippen LogP contribution in [0, 0.1) is 12.8 Å². The standard InChI is InChI=1S/C27H39BrN2O4/c1-20-9-11-30(12-10-20)13-14-33-26-8-6-22(15-27(26)32-4)17-29(3)18-23(31)19-34-24-7-5-21(2)25(28)16-24/h5-8,15-16,20,23,31H,9-14,17-19H2,1-4H3. The normalized spacial score (nSPS) is 16.0. The van der Waals surface area contributed by atoms with Crippen LogP contribution < -0.4 is 14.2 Å². The Labute approximate surface area is 212 Å². The van der Waals surface area contributed by atoms with Gasteiger partial charge in [-0.15, -0.1) is 0 Å². The van der Waals surface area contributed by atoms with Crippen molar-refractivity contribution < 1.29 is 19.3 Å². The Kier molecular flexibility index (Phi) is 10.5. The van der Waals surface area contributed by atoms with E-state index in [1.807, 2.05) is 44.3 Å². The Morgan fingerprint density at radius 1 is 1.12 bits per heavy atom. The van der Waals surface area contributed by atoms with E-state index in [-0.39, 0.29) is 6.61 Å². The maximum atomic E-state index is 10.4. The number of likely N-dealkylation sites (tertiary alicyclic amines) is 1. The number of methoxy groups -OCH3 is 1. The third-order valence-corrected chi connectivity index (χ3v) is 7.18. The molecule has 1 heterocycles. The largest absolute Gasteiger partial charge is 0.493 e. The summed E-state index contributed by atoms with van der Waals surface area (Å²) in [6, 6.07) is 11.9. The summed E-state index contributed by atoms with van der Waals surface area (Å²) in [7, 11) is 3.66. The van der Waals surface area contributed by atoms with Crippen molar-refractivity contribution in [2.24, 2.45) is 5.92 Å². The van der Waals surface area contributed by atoms with E-state index >= 15 is 0 Å². The second-order valence-electron chi connectivity index (χ2n) is 9.43. The summed E-state index contributed by atoms with van der Waals surface area (Å²) in [6.45, 7) is 9.72. The third-order valence-electron chi connectivity index (χ3n) is 6.33. The summed E-state index contributed by atoms with van der Waals surface area (Å²) >= 11 is 3.51. The fourth-order valence-corrected chi connectivity index (χ4v) is 4.50. The number of likely N-dealkylation sites (N-methyl/N-ethyl adjacent to an activating group) is 1. The molecule has 1 aliphatic heterocycles. The second-order valence-corrected chi connectivity index (χ2v) is 10.3. The Hall–Kier alpha value is -1.80. The number of benzene rings is 2. The van der Waals surface area contributed by atoms with Gasteiger partial charge in [0.1, 0.15) is 25.1 Å². The number of aryl methyl sites for hydroxylation is 1. The van der Waals surface area contributed by atoms with Gasteiger partial charge in [0.25, 0.3) is 0 Å². The molecule has 1 fully saturated rings. The average molecular weight is 536 g/mol. The van der Waals surface area contributed by atoms with Gasteiger partial charge in [-0.05, 0) is 81.2 Å². The van der Waals surface area contributed by atoms with E-state index in [9.17, 15) is 5.11 Å². The van der Waals surface area contributed by atoms with Crippen LogP contribution in [0.4, 0.5) is 0 Å². The average Bonchev–Trinajstić information content (AvgIpc) is 2.81. The van der Waals surface area contributed by atoms with Crippen molar-refractivity contribution in [3.63, 3.8) is 0 Å². The molecule has 0 amide bonds. The van der Waals surface area contributed by atoms with E-state index in [1.54, 1.807) is 7.11 Å². The van der Waals surface area contributed by atoms with Gasteiger partial charge < -0.3 is 19.3 Å². The van der Waals surface area contributed by atoms with Crippen molar-refractivity contribution in [2.75, 3.05) is 53.6 Å². The van der Waals surface area contributed by atoms with Gasteiger partial charge in [0.15, 0.2) is 11.5 Å². The van der Waals surface area contributed by atoms with Crippen molar-refractivity contribution >= 4 is 15.9 Å². The van der Waals surface area contributed by atoms with Crippen molar-refractivity contribution in [1.29, 1.82) is 0 Å². The lowest BCUT2D eigenvalue weighted by molar-refractivity contribution is 0.0743. The molecule has 0 aliphatic carbocycles. The van der Waals surface area contributed by atoms with Gasteiger partial charge in [-0.1, -0.05) is 35.0 Å². The van der Waals surface area contributed by atoms with Gasteiger partial charge in [-0.2, -0.15) is 0 Å². The summed E-state index contributed by atoms with van der Waals surface area (Å²) in [4.78, 5) is 4.55. The lowest BCUT2D eigenvalue weighted by Gasteiger charge is -2.30. The topological polar surface area (TPSA) is 54.4 Å². The Morgan fingerprint density at radius 3 is 2.59 bits per heavy atom. The number of aliphatic hydroxyl groups is 1. The Balaban J connectivity index is 1.43. The summed E-state index contributed by atoms with van der Waals surface area (Å²) < 4.78 is 18.4. The van der Waals surface area contributed by atoms with Gasteiger partial charge >= 0.3 is 0 Å². The maximum absolute atomic E-state index is 10.4. The molecule has 188 valence electrons. The van der Waals surface area contributed by atoms with Crippen LogP contribution in [0.2, 0.25) is 0 Å². The summed E-state index contributed by atoms with van der Waals surface area (Å²) in [5, 5.41) is 10.4. The van der Waals surface area contributed by atoms with Crippen LogP contribution in [0.3, 0.4) is 0 Å². The maximum Gasteiger partial charge on any atom is 0.161 e. The SMILES string of the molecule is COc1cc(CN(C)CC(O)COc2ccc(C)c(Br)c2)ccc1OCCN1CCC(C)CC1. The van der Waals surface area contributed by atoms with Gasteiger partial charge in [0, 0.05) is 24.1 Å². The number of piperidine rings is 1. The highest BCUT2D eigenvalue weighted by Gasteiger charge is 2.16. The van der Waals surface area contributed by atoms with Crippen LogP contribution in [-0.2, 0) is 6.54 Å². The van der Waals surface area contributed by atoms with Crippen molar-refractivity contribution in [2.45, 2.75) is 39.3 Å². The first-order valence-corrected chi connectivity index (χ1v) is 12.9. The zero-order valence-electron chi connectivity index (χ0n) is 20.9. The van der Waals surface area contributed by atoms with Crippen LogP contribution >= 0.6 is 15.9 Å².